The second-order valence-corrected chi connectivity index (χ2v) is 8.63. The van der Waals surface area contributed by atoms with Crippen LogP contribution < -0.4 is 5.32 Å². The fourth-order valence-electron chi connectivity index (χ4n) is 4.03. The van der Waals surface area contributed by atoms with Crippen molar-refractivity contribution < 1.29 is 14.6 Å². The van der Waals surface area contributed by atoms with Crippen molar-refractivity contribution in [1.29, 1.82) is 0 Å². The van der Waals surface area contributed by atoms with Crippen LogP contribution in [0.2, 0.25) is 5.02 Å². The standard InChI is InChI=1S/C23H28ClNO3/c1-23(2,28-22(27)25-15-16-7-4-3-5-8-16)14-17-9-6-10-18-13-21(26)20(24)12-19(18)11-17/h3-5,7-8,12-13,17,26H,6,9-11,14-15H2,1-2H3,(H,25,27). The Hall–Kier alpha value is -2.20. The number of aryl methyl sites for hydroxylation is 1. The van der Waals surface area contributed by atoms with Crippen LogP contribution in [0.4, 0.5) is 4.79 Å². The molecule has 0 aromatic heterocycles. The molecule has 0 bridgehead atoms. The average molecular weight is 402 g/mol. The number of amides is 1. The zero-order valence-electron chi connectivity index (χ0n) is 16.5. The average Bonchev–Trinajstić information content (AvgIpc) is 2.82. The molecular formula is C23H28ClNO3. The SMILES string of the molecule is CC(C)(CC1CCCc2cc(O)c(Cl)cc2C1)OC(=O)NCc1ccccc1. The molecule has 0 fully saturated rings. The molecule has 150 valence electrons. The van der Waals surface area contributed by atoms with E-state index in [1.54, 1.807) is 6.07 Å². The lowest BCUT2D eigenvalue weighted by Gasteiger charge is -2.29. The number of phenols is 1. The number of fused-ring (bicyclic) bond motifs is 1. The van der Waals surface area contributed by atoms with Crippen LogP contribution in [-0.2, 0) is 24.1 Å². The molecular weight excluding hydrogens is 374 g/mol. The van der Waals surface area contributed by atoms with Crippen molar-refractivity contribution in [1.82, 2.24) is 5.32 Å². The first-order valence-corrected chi connectivity index (χ1v) is 10.2. The van der Waals surface area contributed by atoms with Crippen LogP contribution in [0.15, 0.2) is 42.5 Å². The lowest BCUT2D eigenvalue weighted by Crippen LogP contribution is -2.36. The van der Waals surface area contributed by atoms with E-state index in [1.165, 1.54) is 11.1 Å². The third-order valence-corrected chi connectivity index (χ3v) is 5.57. The van der Waals surface area contributed by atoms with E-state index in [0.29, 0.717) is 17.5 Å². The Morgan fingerprint density at radius 2 is 2.00 bits per heavy atom. The number of hydrogen-bond acceptors (Lipinski definition) is 3. The zero-order chi connectivity index (χ0) is 20.1. The summed E-state index contributed by atoms with van der Waals surface area (Å²) in [7, 11) is 0. The molecule has 0 aliphatic heterocycles. The van der Waals surface area contributed by atoms with Gasteiger partial charge in [-0.05, 0) is 80.7 Å². The third kappa shape index (κ3) is 5.65. The Morgan fingerprint density at radius 1 is 1.25 bits per heavy atom. The molecule has 4 nitrogen and oxygen atoms in total. The van der Waals surface area contributed by atoms with Gasteiger partial charge in [-0.15, -0.1) is 0 Å². The molecule has 0 spiro atoms. The van der Waals surface area contributed by atoms with Crippen molar-refractivity contribution in [2.45, 2.75) is 58.1 Å². The first-order chi connectivity index (χ1) is 13.3. The summed E-state index contributed by atoms with van der Waals surface area (Å²) >= 11 is 6.11. The number of ether oxygens (including phenoxy) is 1. The van der Waals surface area contributed by atoms with Gasteiger partial charge in [0.2, 0.25) is 0 Å². The van der Waals surface area contributed by atoms with Crippen LogP contribution in [0.3, 0.4) is 0 Å². The summed E-state index contributed by atoms with van der Waals surface area (Å²) in [6.07, 6.45) is 4.32. The maximum Gasteiger partial charge on any atom is 0.407 e. The van der Waals surface area contributed by atoms with Gasteiger partial charge in [0.1, 0.15) is 11.4 Å². The minimum Gasteiger partial charge on any atom is -0.506 e. The summed E-state index contributed by atoms with van der Waals surface area (Å²) in [5.74, 6) is 0.552. The summed E-state index contributed by atoms with van der Waals surface area (Å²) in [5.41, 5.74) is 2.84. The first-order valence-electron chi connectivity index (χ1n) is 9.83. The van der Waals surface area contributed by atoms with E-state index in [-0.39, 0.29) is 5.75 Å². The van der Waals surface area contributed by atoms with Crippen molar-refractivity contribution in [2.75, 3.05) is 0 Å². The number of carbonyl (C=O) groups excluding carboxylic acids is 1. The van der Waals surface area contributed by atoms with E-state index in [9.17, 15) is 9.90 Å². The summed E-state index contributed by atoms with van der Waals surface area (Å²) in [6.45, 7) is 4.38. The molecule has 0 heterocycles. The molecule has 2 N–H and O–H groups in total. The predicted octanol–water partition coefficient (Wildman–Crippen LogP) is 5.64. The Bertz CT molecular complexity index is 820. The van der Waals surface area contributed by atoms with Gasteiger partial charge in [-0.2, -0.15) is 0 Å². The minimum absolute atomic E-state index is 0.151. The molecule has 1 aliphatic carbocycles. The van der Waals surface area contributed by atoms with E-state index in [0.717, 1.165) is 37.7 Å². The van der Waals surface area contributed by atoms with Crippen LogP contribution in [0.5, 0.6) is 5.75 Å². The number of nitrogens with one attached hydrogen (secondary N) is 1. The summed E-state index contributed by atoms with van der Waals surface area (Å²) < 4.78 is 5.72. The summed E-state index contributed by atoms with van der Waals surface area (Å²) in [6, 6.07) is 13.5. The smallest absolute Gasteiger partial charge is 0.407 e. The predicted molar refractivity (Wildman–Crippen MR) is 112 cm³/mol. The highest BCUT2D eigenvalue weighted by molar-refractivity contribution is 6.32. The molecule has 1 aliphatic rings. The lowest BCUT2D eigenvalue weighted by atomic mass is 9.86. The number of carbonyl (C=O) groups is 1. The molecule has 2 aromatic rings. The van der Waals surface area contributed by atoms with Gasteiger partial charge in [0.15, 0.2) is 0 Å². The highest BCUT2D eigenvalue weighted by Gasteiger charge is 2.29. The van der Waals surface area contributed by atoms with E-state index in [2.05, 4.69) is 5.32 Å². The molecule has 0 saturated carbocycles. The number of rotatable bonds is 5. The van der Waals surface area contributed by atoms with Gasteiger partial charge in [-0.25, -0.2) is 4.79 Å². The normalized spacial score (nSPS) is 16.8. The Labute approximate surface area is 171 Å². The number of aromatic hydroxyl groups is 1. The van der Waals surface area contributed by atoms with Gasteiger partial charge in [-0.1, -0.05) is 41.9 Å². The molecule has 3 rings (SSSR count). The largest absolute Gasteiger partial charge is 0.506 e. The fourth-order valence-corrected chi connectivity index (χ4v) is 4.22. The number of phenolic OH excluding ortho intramolecular Hbond substituents is 1. The van der Waals surface area contributed by atoms with Crippen molar-refractivity contribution in [2.24, 2.45) is 5.92 Å². The molecule has 0 radical (unpaired) electrons. The van der Waals surface area contributed by atoms with Crippen molar-refractivity contribution in [3.8, 4) is 5.75 Å². The van der Waals surface area contributed by atoms with Crippen LogP contribution >= 0.6 is 11.6 Å². The number of hydrogen-bond donors (Lipinski definition) is 2. The number of halogens is 1. The lowest BCUT2D eigenvalue weighted by molar-refractivity contribution is 0.0195. The fraction of sp³-hybridized carbons (Fsp3) is 0.435. The topological polar surface area (TPSA) is 58.6 Å². The van der Waals surface area contributed by atoms with Gasteiger partial charge in [0.25, 0.3) is 0 Å². The molecule has 1 unspecified atom stereocenters. The number of benzene rings is 2. The van der Waals surface area contributed by atoms with E-state index < -0.39 is 11.7 Å². The van der Waals surface area contributed by atoms with Crippen molar-refractivity contribution in [3.63, 3.8) is 0 Å². The summed E-state index contributed by atoms with van der Waals surface area (Å²) in [4.78, 5) is 12.2. The highest BCUT2D eigenvalue weighted by Crippen LogP contribution is 2.35. The van der Waals surface area contributed by atoms with Gasteiger partial charge in [-0.3, -0.25) is 0 Å². The van der Waals surface area contributed by atoms with E-state index in [4.69, 9.17) is 16.3 Å². The monoisotopic (exact) mass is 401 g/mol. The van der Waals surface area contributed by atoms with Gasteiger partial charge in [0.05, 0.1) is 5.02 Å². The van der Waals surface area contributed by atoms with Gasteiger partial charge >= 0.3 is 6.09 Å². The van der Waals surface area contributed by atoms with Crippen LogP contribution in [0, 0.1) is 5.92 Å². The second-order valence-electron chi connectivity index (χ2n) is 8.23. The Balaban J connectivity index is 1.56. The van der Waals surface area contributed by atoms with Crippen LogP contribution in [0.1, 0.15) is 49.8 Å². The summed E-state index contributed by atoms with van der Waals surface area (Å²) in [5, 5.41) is 13.1. The van der Waals surface area contributed by atoms with E-state index >= 15 is 0 Å². The molecule has 0 saturated heterocycles. The second kappa shape index (κ2) is 8.87. The van der Waals surface area contributed by atoms with Crippen molar-refractivity contribution >= 4 is 17.7 Å². The maximum absolute atomic E-state index is 12.2. The molecule has 1 atom stereocenters. The molecule has 28 heavy (non-hydrogen) atoms. The first kappa shape index (κ1) is 20.5. The molecule has 5 heteroatoms. The number of alkyl carbamates (subject to hydrolysis) is 1. The van der Waals surface area contributed by atoms with Crippen LogP contribution in [0.25, 0.3) is 0 Å². The highest BCUT2D eigenvalue weighted by atomic mass is 35.5. The van der Waals surface area contributed by atoms with Gasteiger partial charge < -0.3 is 15.2 Å². The van der Waals surface area contributed by atoms with Crippen LogP contribution in [-0.4, -0.2) is 16.8 Å². The molecule has 1 amide bonds. The van der Waals surface area contributed by atoms with E-state index in [1.807, 2.05) is 50.2 Å². The zero-order valence-corrected chi connectivity index (χ0v) is 17.3. The Kier molecular flexibility index (Phi) is 6.50. The third-order valence-electron chi connectivity index (χ3n) is 5.27. The Morgan fingerprint density at radius 3 is 2.75 bits per heavy atom. The minimum atomic E-state index is -0.559. The molecule has 2 aromatic carbocycles. The van der Waals surface area contributed by atoms with Gasteiger partial charge in [0, 0.05) is 6.54 Å². The maximum atomic E-state index is 12.2. The quantitative estimate of drug-likeness (QED) is 0.637. The van der Waals surface area contributed by atoms with Crippen molar-refractivity contribution in [3.05, 3.63) is 64.2 Å².